The van der Waals surface area contributed by atoms with E-state index in [1.54, 1.807) is 0 Å². The van der Waals surface area contributed by atoms with Gasteiger partial charge in [0.25, 0.3) is 0 Å². The van der Waals surface area contributed by atoms with E-state index >= 15 is 0 Å². The molecule has 0 saturated carbocycles. The molecule has 9 aromatic rings. The van der Waals surface area contributed by atoms with Crippen molar-refractivity contribution in [1.82, 2.24) is 15.0 Å². The summed E-state index contributed by atoms with van der Waals surface area (Å²) in [4.78, 5) is 15.1. The van der Waals surface area contributed by atoms with Gasteiger partial charge in [-0.15, -0.1) is 0 Å². The van der Waals surface area contributed by atoms with Crippen molar-refractivity contribution in [3.63, 3.8) is 0 Å². The van der Waals surface area contributed by atoms with Crippen molar-refractivity contribution in [2.75, 3.05) is 0 Å². The van der Waals surface area contributed by atoms with E-state index in [9.17, 15) is 0 Å². The van der Waals surface area contributed by atoms with E-state index < -0.39 is 0 Å². The number of benzene rings is 7. The second-order valence-electron chi connectivity index (χ2n) is 14.0. The molecule has 240 valence electrons. The molecule has 1 aliphatic carbocycles. The fourth-order valence-corrected chi connectivity index (χ4v) is 8.11. The maximum atomic E-state index is 5.21. The van der Waals surface area contributed by atoms with Crippen molar-refractivity contribution in [2.24, 2.45) is 0 Å². The van der Waals surface area contributed by atoms with Gasteiger partial charge in [0.15, 0.2) is 5.82 Å². The number of pyridine rings is 1. The third kappa shape index (κ3) is 4.69. The Bertz CT molecular complexity index is 2830. The van der Waals surface area contributed by atoms with Gasteiger partial charge < -0.3 is 0 Å². The zero-order chi connectivity index (χ0) is 34.1. The highest BCUT2D eigenvalue weighted by atomic mass is 14.9. The van der Waals surface area contributed by atoms with Gasteiger partial charge in [-0.2, -0.15) is 0 Å². The molecule has 10 rings (SSSR count). The molecule has 2 heterocycles. The average molecular weight is 652 g/mol. The molecule has 0 N–H and O–H groups in total. The van der Waals surface area contributed by atoms with Gasteiger partial charge in [-0.25, -0.2) is 9.97 Å². The molecule has 0 aliphatic heterocycles. The maximum absolute atomic E-state index is 5.21. The summed E-state index contributed by atoms with van der Waals surface area (Å²) in [6.45, 7) is 4.72. The lowest BCUT2D eigenvalue weighted by Gasteiger charge is -2.22. The number of hydrogen-bond acceptors (Lipinski definition) is 3. The minimum atomic E-state index is -0.109. The Hall–Kier alpha value is -6.45. The van der Waals surface area contributed by atoms with Crippen LogP contribution >= 0.6 is 0 Å². The van der Waals surface area contributed by atoms with Crippen LogP contribution in [0.1, 0.15) is 25.0 Å². The van der Waals surface area contributed by atoms with Gasteiger partial charge in [0, 0.05) is 33.7 Å². The molecule has 0 unspecified atom stereocenters. The van der Waals surface area contributed by atoms with Crippen molar-refractivity contribution in [2.45, 2.75) is 19.3 Å². The first-order chi connectivity index (χ1) is 25.0. The second kappa shape index (κ2) is 11.3. The molecule has 0 radical (unpaired) electrons. The largest absolute Gasteiger partial charge is 0.256 e. The minimum Gasteiger partial charge on any atom is -0.256 e. The Kier molecular flexibility index (Phi) is 6.53. The highest BCUT2D eigenvalue weighted by molar-refractivity contribution is 6.06. The van der Waals surface area contributed by atoms with Gasteiger partial charge in [-0.3, -0.25) is 4.98 Å². The minimum absolute atomic E-state index is 0.109. The molecule has 2 aromatic heterocycles. The van der Waals surface area contributed by atoms with Crippen molar-refractivity contribution in [3.05, 3.63) is 175 Å². The molecule has 1 aliphatic rings. The lowest BCUT2D eigenvalue weighted by molar-refractivity contribution is 0.661. The van der Waals surface area contributed by atoms with Crippen LogP contribution in [0, 0.1) is 0 Å². The lowest BCUT2D eigenvalue weighted by Crippen LogP contribution is -2.15. The molecule has 3 heteroatoms. The van der Waals surface area contributed by atoms with Crippen LogP contribution in [0.3, 0.4) is 0 Å². The molecule has 7 aromatic carbocycles. The first kappa shape index (κ1) is 29.5. The third-order valence-electron chi connectivity index (χ3n) is 10.7. The van der Waals surface area contributed by atoms with Crippen molar-refractivity contribution < 1.29 is 0 Å². The van der Waals surface area contributed by atoms with Crippen LogP contribution in [-0.4, -0.2) is 15.0 Å². The molecule has 0 bridgehead atoms. The van der Waals surface area contributed by atoms with Gasteiger partial charge in [0.1, 0.15) is 0 Å². The Morgan fingerprint density at radius 2 is 1.04 bits per heavy atom. The SMILES string of the molecule is CC1(C)c2cc(-c3ccc(-c4cc(-c5cccc6cccnc56)nc(-c5ccccc5)n4)c4ccccc34)ccc2-c2cc3ccccc3cc21. The van der Waals surface area contributed by atoms with Crippen LogP contribution in [0.15, 0.2) is 164 Å². The van der Waals surface area contributed by atoms with E-state index in [-0.39, 0.29) is 5.41 Å². The monoisotopic (exact) mass is 651 g/mol. The van der Waals surface area contributed by atoms with Gasteiger partial charge in [-0.1, -0.05) is 141 Å². The Balaban J connectivity index is 1.14. The van der Waals surface area contributed by atoms with Crippen LogP contribution < -0.4 is 0 Å². The molecule has 0 spiro atoms. The predicted octanol–water partition coefficient (Wildman–Crippen LogP) is 12.3. The van der Waals surface area contributed by atoms with E-state index in [0.717, 1.165) is 44.4 Å². The third-order valence-corrected chi connectivity index (χ3v) is 10.7. The molecular formula is C48H33N3. The standard InChI is InChI=1S/C48H33N3/c1-48(2)42-28-34(21-22-38(42)41-26-32-14-6-7-15-33(32)27-43(41)48)35-23-24-39(37-19-9-8-18-36(35)37)44-29-45(51-47(50-44)31-12-4-3-5-13-31)40-20-10-16-30-17-11-25-49-46(30)40/h3-29H,1-2H3. The van der Waals surface area contributed by atoms with Gasteiger partial charge in [0.05, 0.1) is 16.9 Å². The number of nitrogens with zero attached hydrogens (tertiary/aromatic N) is 3. The van der Waals surface area contributed by atoms with Crippen molar-refractivity contribution >= 4 is 32.4 Å². The summed E-state index contributed by atoms with van der Waals surface area (Å²) in [6, 6.07) is 56.4. The van der Waals surface area contributed by atoms with Crippen molar-refractivity contribution in [3.8, 4) is 56.2 Å². The highest BCUT2D eigenvalue weighted by Crippen LogP contribution is 2.51. The molecule has 51 heavy (non-hydrogen) atoms. The lowest BCUT2D eigenvalue weighted by atomic mass is 9.81. The van der Waals surface area contributed by atoms with Crippen LogP contribution in [0.2, 0.25) is 0 Å². The number of hydrogen-bond donors (Lipinski definition) is 0. The summed E-state index contributed by atoms with van der Waals surface area (Å²) in [5.74, 6) is 0.692. The highest BCUT2D eigenvalue weighted by Gasteiger charge is 2.36. The average Bonchev–Trinajstić information content (AvgIpc) is 3.40. The summed E-state index contributed by atoms with van der Waals surface area (Å²) in [7, 11) is 0. The summed E-state index contributed by atoms with van der Waals surface area (Å²) in [6.07, 6.45) is 1.85. The molecule has 0 atom stereocenters. The Labute approximate surface area is 297 Å². The summed E-state index contributed by atoms with van der Waals surface area (Å²) >= 11 is 0. The van der Waals surface area contributed by atoms with Gasteiger partial charge in [-0.05, 0) is 85.3 Å². The quantitative estimate of drug-likeness (QED) is 0.190. The molecule has 3 nitrogen and oxygen atoms in total. The second-order valence-corrected chi connectivity index (χ2v) is 14.0. The van der Waals surface area contributed by atoms with Crippen LogP contribution in [-0.2, 0) is 5.41 Å². The number of aromatic nitrogens is 3. The summed E-state index contributed by atoms with van der Waals surface area (Å²) in [5.41, 5.74) is 13.5. The Morgan fingerprint density at radius 3 is 1.86 bits per heavy atom. The topological polar surface area (TPSA) is 38.7 Å². The van der Waals surface area contributed by atoms with E-state index in [2.05, 4.69) is 147 Å². The summed E-state index contributed by atoms with van der Waals surface area (Å²) in [5, 5.41) is 6.01. The maximum Gasteiger partial charge on any atom is 0.160 e. The predicted molar refractivity (Wildman–Crippen MR) is 212 cm³/mol. The van der Waals surface area contributed by atoms with E-state index in [0.29, 0.717) is 5.82 Å². The number of para-hydroxylation sites is 1. The fourth-order valence-electron chi connectivity index (χ4n) is 8.11. The van der Waals surface area contributed by atoms with Gasteiger partial charge >= 0.3 is 0 Å². The zero-order valence-electron chi connectivity index (χ0n) is 28.4. The van der Waals surface area contributed by atoms with E-state index in [4.69, 9.17) is 15.0 Å². The van der Waals surface area contributed by atoms with Gasteiger partial charge in [0.2, 0.25) is 0 Å². The van der Waals surface area contributed by atoms with E-state index in [1.807, 2.05) is 30.5 Å². The summed E-state index contributed by atoms with van der Waals surface area (Å²) < 4.78 is 0. The molecule has 0 amide bonds. The first-order valence-electron chi connectivity index (χ1n) is 17.5. The van der Waals surface area contributed by atoms with Crippen LogP contribution in [0.25, 0.3) is 88.6 Å². The molecular weight excluding hydrogens is 619 g/mol. The van der Waals surface area contributed by atoms with E-state index in [1.165, 1.54) is 49.5 Å². The van der Waals surface area contributed by atoms with Crippen molar-refractivity contribution in [1.29, 1.82) is 0 Å². The number of fused-ring (bicyclic) bond motifs is 6. The molecule has 0 saturated heterocycles. The first-order valence-corrected chi connectivity index (χ1v) is 17.5. The van der Waals surface area contributed by atoms with Crippen LogP contribution in [0.5, 0.6) is 0 Å². The van der Waals surface area contributed by atoms with Crippen LogP contribution in [0.4, 0.5) is 0 Å². The Morgan fingerprint density at radius 1 is 0.412 bits per heavy atom. The smallest absolute Gasteiger partial charge is 0.160 e. The zero-order valence-corrected chi connectivity index (χ0v) is 28.4. The number of rotatable bonds is 4. The normalized spacial score (nSPS) is 13.1. The molecule has 0 fully saturated rings. The fraction of sp³-hybridized carbons (Fsp3) is 0.0625.